The van der Waals surface area contributed by atoms with Crippen molar-refractivity contribution in [2.45, 2.75) is 13.0 Å². The van der Waals surface area contributed by atoms with Crippen molar-refractivity contribution in [3.8, 4) is 6.01 Å². The van der Waals surface area contributed by atoms with E-state index in [1.807, 2.05) is 0 Å². The van der Waals surface area contributed by atoms with Crippen LogP contribution in [-0.4, -0.2) is 39.8 Å². The highest BCUT2D eigenvalue weighted by Crippen LogP contribution is 2.07. The third kappa shape index (κ3) is 3.02. The second-order valence-corrected chi connectivity index (χ2v) is 2.73. The number of anilines is 2. The molecule has 1 atom stereocenters. The van der Waals surface area contributed by atoms with Gasteiger partial charge in [0.2, 0.25) is 11.9 Å². The molecule has 0 aliphatic heterocycles. The van der Waals surface area contributed by atoms with Gasteiger partial charge >= 0.3 is 6.01 Å². The highest BCUT2D eigenvalue weighted by atomic mass is 16.5. The van der Waals surface area contributed by atoms with Gasteiger partial charge in [-0.2, -0.15) is 15.0 Å². The van der Waals surface area contributed by atoms with Crippen LogP contribution in [0.25, 0.3) is 0 Å². The first-order chi connectivity index (χ1) is 6.61. The Labute approximate surface area is 81.3 Å². The minimum absolute atomic E-state index is 0.0740. The lowest BCUT2D eigenvalue weighted by Gasteiger charge is -2.07. The van der Waals surface area contributed by atoms with Crippen LogP contribution < -0.4 is 15.8 Å². The number of hydrogen-bond donors (Lipinski definition) is 3. The summed E-state index contributed by atoms with van der Waals surface area (Å²) in [5, 5.41) is 11.8. The summed E-state index contributed by atoms with van der Waals surface area (Å²) in [6, 6.07) is 0.144. The number of nitrogens with two attached hydrogens (primary N) is 1. The first-order valence-electron chi connectivity index (χ1n) is 4.09. The molecule has 0 saturated heterocycles. The van der Waals surface area contributed by atoms with E-state index in [1.54, 1.807) is 6.92 Å². The maximum absolute atomic E-state index is 9.01. The van der Waals surface area contributed by atoms with Crippen LogP contribution in [0.2, 0.25) is 0 Å². The molecule has 1 unspecified atom stereocenters. The van der Waals surface area contributed by atoms with E-state index in [0.717, 1.165) is 0 Å². The number of nitrogens with zero attached hydrogens (tertiary/aromatic N) is 3. The van der Waals surface area contributed by atoms with Crippen molar-refractivity contribution in [2.75, 3.05) is 24.7 Å². The zero-order chi connectivity index (χ0) is 10.6. The molecule has 14 heavy (non-hydrogen) atoms. The Hall–Kier alpha value is -1.63. The molecule has 4 N–H and O–H groups in total. The summed E-state index contributed by atoms with van der Waals surface area (Å²) in [6.45, 7) is 1.99. The Morgan fingerprint density at radius 3 is 2.79 bits per heavy atom. The second-order valence-electron chi connectivity index (χ2n) is 2.73. The quantitative estimate of drug-likeness (QED) is 0.586. The fraction of sp³-hybridized carbons (Fsp3) is 0.571. The van der Waals surface area contributed by atoms with E-state index in [0.29, 0.717) is 6.54 Å². The van der Waals surface area contributed by atoms with Gasteiger partial charge in [0.05, 0.1) is 13.2 Å². The lowest BCUT2D eigenvalue weighted by Crippen LogP contribution is -2.17. The van der Waals surface area contributed by atoms with Gasteiger partial charge in [0.1, 0.15) is 0 Å². The average molecular weight is 199 g/mol. The van der Waals surface area contributed by atoms with Crippen LogP contribution in [0.1, 0.15) is 6.92 Å². The molecule has 0 radical (unpaired) electrons. The maximum atomic E-state index is 9.01. The largest absolute Gasteiger partial charge is 0.467 e. The summed E-state index contributed by atoms with van der Waals surface area (Å²) in [6.07, 6.45) is -0.487. The molecule has 7 heteroatoms. The van der Waals surface area contributed by atoms with Crippen LogP contribution in [0.15, 0.2) is 0 Å². The number of hydrogen-bond acceptors (Lipinski definition) is 7. The molecule has 0 aromatic carbocycles. The highest BCUT2D eigenvalue weighted by molar-refractivity contribution is 5.32. The van der Waals surface area contributed by atoms with E-state index < -0.39 is 6.10 Å². The SMILES string of the molecule is COc1nc(N)nc(NCC(C)O)n1. The maximum Gasteiger partial charge on any atom is 0.322 e. The van der Waals surface area contributed by atoms with Gasteiger partial charge in [0, 0.05) is 6.54 Å². The fourth-order valence-electron chi connectivity index (χ4n) is 0.781. The Balaban J connectivity index is 2.71. The molecule has 0 saturated carbocycles. The third-order valence-corrected chi connectivity index (χ3v) is 1.37. The lowest BCUT2D eigenvalue weighted by atomic mass is 10.4. The van der Waals surface area contributed by atoms with Crippen LogP contribution >= 0.6 is 0 Å². The number of aliphatic hydroxyl groups is 1. The molecule has 0 amide bonds. The van der Waals surface area contributed by atoms with Crippen LogP contribution in [0.5, 0.6) is 6.01 Å². The molecular formula is C7H13N5O2. The van der Waals surface area contributed by atoms with E-state index in [9.17, 15) is 0 Å². The fourth-order valence-corrected chi connectivity index (χ4v) is 0.781. The smallest absolute Gasteiger partial charge is 0.322 e. The summed E-state index contributed by atoms with van der Waals surface area (Å²) in [5.74, 6) is 0.361. The van der Waals surface area contributed by atoms with Crippen molar-refractivity contribution in [1.82, 2.24) is 15.0 Å². The Bertz CT molecular complexity index is 304. The third-order valence-electron chi connectivity index (χ3n) is 1.37. The number of ether oxygens (including phenoxy) is 1. The standard InChI is InChI=1S/C7H13N5O2/c1-4(13)3-9-6-10-5(8)11-7(12-6)14-2/h4,13H,3H2,1-2H3,(H3,8,9,10,11,12). The zero-order valence-electron chi connectivity index (χ0n) is 8.06. The molecule has 1 aromatic heterocycles. The van der Waals surface area contributed by atoms with Crippen LogP contribution in [0.3, 0.4) is 0 Å². The summed E-state index contributed by atoms with van der Waals surface area (Å²) in [5.41, 5.74) is 5.40. The Morgan fingerprint density at radius 2 is 2.21 bits per heavy atom. The molecule has 7 nitrogen and oxygen atoms in total. The van der Waals surface area contributed by atoms with Crippen molar-refractivity contribution in [1.29, 1.82) is 0 Å². The zero-order valence-corrected chi connectivity index (χ0v) is 8.06. The van der Waals surface area contributed by atoms with Gasteiger partial charge in [0.15, 0.2) is 0 Å². The normalized spacial score (nSPS) is 12.2. The van der Waals surface area contributed by atoms with E-state index in [4.69, 9.17) is 15.6 Å². The van der Waals surface area contributed by atoms with Gasteiger partial charge in [-0.05, 0) is 6.92 Å². The predicted octanol–water partition coefficient (Wildman–Crippen LogP) is -0.745. The van der Waals surface area contributed by atoms with E-state index in [1.165, 1.54) is 7.11 Å². The van der Waals surface area contributed by atoms with Crippen LogP contribution in [0.4, 0.5) is 11.9 Å². The first kappa shape index (κ1) is 10.5. The van der Waals surface area contributed by atoms with Gasteiger partial charge in [-0.25, -0.2) is 0 Å². The molecule has 0 aliphatic carbocycles. The minimum atomic E-state index is -0.487. The predicted molar refractivity (Wildman–Crippen MR) is 51.0 cm³/mol. The van der Waals surface area contributed by atoms with Gasteiger partial charge in [-0.15, -0.1) is 0 Å². The Morgan fingerprint density at radius 1 is 1.50 bits per heavy atom. The van der Waals surface area contributed by atoms with Crippen molar-refractivity contribution >= 4 is 11.9 Å². The number of aliphatic hydroxyl groups excluding tert-OH is 1. The average Bonchev–Trinajstić information content (AvgIpc) is 2.14. The summed E-state index contributed by atoms with van der Waals surface area (Å²) >= 11 is 0. The number of nitrogen functional groups attached to an aromatic ring is 1. The molecule has 0 bridgehead atoms. The molecule has 78 valence electrons. The molecule has 1 heterocycles. The highest BCUT2D eigenvalue weighted by Gasteiger charge is 2.04. The number of rotatable bonds is 4. The number of aromatic nitrogens is 3. The van der Waals surface area contributed by atoms with Crippen molar-refractivity contribution < 1.29 is 9.84 Å². The second kappa shape index (κ2) is 4.56. The summed E-state index contributed by atoms with van der Waals surface area (Å²) in [4.78, 5) is 11.4. The summed E-state index contributed by atoms with van der Waals surface area (Å²) < 4.78 is 4.80. The lowest BCUT2D eigenvalue weighted by molar-refractivity contribution is 0.208. The molecular weight excluding hydrogens is 186 g/mol. The number of nitrogens with one attached hydrogen (secondary N) is 1. The molecule has 0 spiro atoms. The Kier molecular flexibility index (Phi) is 3.41. The van der Waals surface area contributed by atoms with Crippen molar-refractivity contribution in [3.05, 3.63) is 0 Å². The van der Waals surface area contributed by atoms with Crippen molar-refractivity contribution in [3.63, 3.8) is 0 Å². The molecule has 0 fully saturated rings. The van der Waals surface area contributed by atoms with Gasteiger partial charge in [-0.3, -0.25) is 0 Å². The molecule has 1 rings (SSSR count). The van der Waals surface area contributed by atoms with Gasteiger partial charge < -0.3 is 20.9 Å². The topological polar surface area (TPSA) is 106 Å². The van der Waals surface area contributed by atoms with Crippen molar-refractivity contribution in [2.24, 2.45) is 0 Å². The van der Waals surface area contributed by atoms with Gasteiger partial charge in [0.25, 0.3) is 0 Å². The number of methoxy groups -OCH3 is 1. The first-order valence-corrected chi connectivity index (χ1v) is 4.09. The monoisotopic (exact) mass is 199 g/mol. The van der Waals surface area contributed by atoms with Crippen LogP contribution in [0, 0.1) is 0 Å². The van der Waals surface area contributed by atoms with E-state index >= 15 is 0 Å². The summed E-state index contributed by atoms with van der Waals surface area (Å²) in [7, 11) is 1.44. The molecule has 0 aliphatic rings. The van der Waals surface area contributed by atoms with E-state index in [-0.39, 0.29) is 17.9 Å². The minimum Gasteiger partial charge on any atom is -0.467 e. The van der Waals surface area contributed by atoms with Gasteiger partial charge in [-0.1, -0.05) is 0 Å². The van der Waals surface area contributed by atoms with E-state index in [2.05, 4.69) is 20.3 Å². The van der Waals surface area contributed by atoms with Crippen LogP contribution in [-0.2, 0) is 0 Å². The molecule has 1 aromatic rings.